The summed E-state index contributed by atoms with van der Waals surface area (Å²) in [5.74, 6) is -0.423. The second-order valence-corrected chi connectivity index (χ2v) is 5.06. The van der Waals surface area contributed by atoms with Gasteiger partial charge in [-0.3, -0.25) is 0 Å². The molecule has 1 aliphatic rings. The first kappa shape index (κ1) is 13.3. The fourth-order valence-corrected chi connectivity index (χ4v) is 1.96. The number of aliphatic hydroxyl groups is 1. The van der Waals surface area contributed by atoms with Crippen LogP contribution in [0.4, 0.5) is 14.9 Å². The summed E-state index contributed by atoms with van der Waals surface area (Å²) in [6.07, 6.45) is 1.92. The summed E-state index contributed by atoms with van der Waals surface area (Å²) in [6.45, 7) is 0.230. The Morgan fingerprint density at radius 1 is 1.56 bits per heavy atom. The van der Waals surface area contributed by atoms with Gasteiger partial charge in [-0.2, -0.15) is 0 Å². The number of carbonyl (C=O) groups is 1. The van der Waals surface area contributed by atoms with Gasteiger partial charge in [-0.15, -0.1) is 0 Å². The zero-order valence-corrected chi connectivity index (χ0v) is 11.3. The highest BCUT2D eigenvalue weighted by Crippen LogP contribution is 2.27. The van der Waals surface area contributed by atoms with Crippen LogP contribution in [0.2, 0.25) is 0 Å². The van der Waals surface area contributed by atoms with Gasteiger partial charge in [0.25, 0.3) is 0 Å². The number of benzene rings is 1. The van der Waals surface area contributed by atoms with Gasteiger partial charge in [-0.1, -0.05) is 0 Å². The summed E-state index contributed by atoms with van der Waals surface area (Å²) in [5.41, 5.74) is 0.407. The Balaban J connectivity index is 2.02. The summed E-state index contributed by atoms with van der Waals surface area (Å²) in [4.78, 5) is 13.5. The van der Waals surface area contributed by atoms with E-state index in [9.17, 15) is 9.18 Å². The minimum atomic E-state index is -0.423. The van der Waals surface area contributed by atoms with Crippen molar-refractivity contribution >= 4 is 27.6 Å². The van der Waals surface area contributed by atoms with Crippen LogP contribution < -0.4 is 5.32 Å². The van der Waals surface area contributed by atoms with Crippen molar-refractivity contribution in [2.75, 3.05) is 18.5 Å². The molecule has 0 aliphatic heterocycles. The first-order valence-corrected chi connectivity index (χ1v) is 6.54. The number of nitrogens with one attached hydrogen (secondary N) is 1. The molecular weight excluding hydrogens is 303 g/mol. The normalized spacial score (nSPS) is 14.4. The van der Waals surface area contributed by atoms with Crippen molar-refractivity contribution in [3.8, 4) is 0 Å². The highest BCUT2D eigenvalue weighted by molar-refractivity contribution is 9.10. The average molecular weight is 317 g/mol. The van der Waals surface area contributed by atoms with Crippen LogP contribution >= 0.6 is 15.9 Å². The highest BCUT2D eigenvalue weighted by atomic mass is 79.9. The zero-order chi connectivity index (χ0) is 13.1. The molecule has 0 unspecified atom stereocenters. The molecule has 98 valence electrons. The number of halogens is 2. The van der Waals surface area contributed by atoms with E-state index >= 15 is 0 Å². The molecule has 0 atom stereocenters. The molecule has 1 aliphatic carbocycles. The van der Waals surface area contributed by atoms with Crippen molar-refractivity contribution in [2.45, 2.75) is 18.9 Å². The molecule has 2 N–H and O–H groups in total. The Bertz CT molecular complexity index is 452. The number of hydrogen-bond donors (Lipinski definition) is 2. The molecular formula is C12H14BrFN2O2. The van der Waals surface area contributed by atoms with Crippen LogP contribution in [0.15, 0.2) is 22.7 Å². The summed E-state index contributed by atoms with van der Waals surface area (Å²) in [6, 6.07) is 4.32. The van der Waals surface area contributed by atoms with Crippen LogP contribution in [0.25, 0.3) is 0 Å². The fraction of sp³-hybridized carbons (Fsp3) is 0.417. The summed E-state index contributed by atoms with van der Waals surface area (Å²) in [7, 11) is 0. The smallest absolute Gasteiger partial charge is 0.322 e. The molecule has 2 amide bonds. The number of rotatable bonds is 4. The first-order valence-electron chi connectivity index (χ1n) is 5.75. The number of carbonyl (C=O) groups excluding carboxylic acids is 1. The number of hydrogen-bond acceptors (Lipinski definition) is 2. The third-order valence-corrected chi connectivity index (χ3v) is 3.40. The quantitative estimate of drug-likeness (QED) is 0.897. The first-order chi connectivity index (χ1) is 8.61. The van der Waals surface area contributed by atoms with Crippen molar-refractivity contribution in [1.82, 2.24) is 4.90 Å². The summed E-state index contributed by atoms with van der Waals surface area (Å²) >= 11 is 3.05. The number of anilines is 1. The van der Waals surface area contributed by atoms with Crippen molar-refractivity contribution in [1.29, 1.82) is 0 Å². The van der Waals surface area contributed by atoms with E-state index in [0.717, 1.165) is 12.8 Å². The van der Waals surface area contributed by atoms with Crippen LogP contribution in [0.1, 0.15) is 12.8 Å². The lowest BCUT2D eigenvalue weighted by Crippen LogP contribution is -2.38. The number of aliphatic hydroxyl groups excluding tert-OH is 1. The summed E-state index contributed by atoms with van der Waals surface area (Å²) in [5, 5.41) is 11.6. The second-order valence-electron chi connectivity index (χ2n) is 4.21. The molecule has 18 heavy (non-hydrogen) atoms. The third kappa shape index (κ3) is 3.20. The predicted molar refractivity (Wildman–Crippen MR) is 69.9 cm³/mol. The average Bonchev–Trinajstić information content (AvgIpc) is 3.15. The Labute approximate surface area is 113 Å². The van der Waals surface area contributed by atoms with Gasteiger partial charge in [0.1, 0.15) is 5.82 Å². The van der Waals surface area contributed by atoms with E-state index in [1.807, 2.05) is 0 Å². The van der Waals surface area contributed by atoms with Gasteiger partial charge in [-0.25, -0.2) is 9.18 Å². The maximum Gasteiger partial charge on any atom is 0.322 e. The lowest BCUT2D eigenvalue weighted by molar-refractivity contribution is 0.185. The van der Waals surface area contributed by atoms with E-state index in [1.54, 1.807) is 17.0 Å². The van der Waals surface area contributed by atoms with Crippen molar-refractivity contribution in [3.05, 3.63) is 28.5 Å². The van der Waals surface area contributed by atoms with Crippen molar-refractivity contribution in [3.63, 3.8) is 0 Å². The van der Waals surface area contributed by atoms with E-state index in [1.165, 1.54) is 6.07 Å². The monoisotopic (exact) mass is 316 g/mol. The number of nitrogens with zero attached hydrogens (tertiary/aromatic N) is 1. The predicted octanol–water partition coefficient (Wildman–Crippen LogP) is 2.58. The van der Waals surface area contributed by atoms with Crippen molar-refractivity contribution in [2.24, 2.45) is 0 Å². The zero-order valence-electron chi connectivity index (χ0n) is 9.70. The van der Waals surface area contributed by atoms with Crippen LogP contribution in [0.5, 0.6) is 0 Å². The van der Waals surface area contributed by atoms with Gasteiger partial charge in [-0.05, 0) is 47.0 Å². The van der Waals surface area contributed by atoms with Crippen LogP contribution in [-0.2, 0) is 0 Å². The van der Waals surface area contributed by atoms with Gasteiger partial charge in [0, 0.05) is 18.3 Å². The molecule has 6 heteroatoms. The molecule has 1 fully saturated rings. The van der Waals surface area contributed by atoms with E-state index in [-0.39, 0.29) is 18.7 Å². The Hall–Kier alpha value is -1.14. The molecule has 1 aromatic carbocycles. The van der Waals surface area contributed by atoms with Crippen molar-refractivity contribution < 1.29 is 14.3 Å². The minimum absolute atomic E-state index is 0.0708. The van der Waals surface area contributed by atoms with E-state index in [4.69, 9.17) is 5.11 Å². The Morgan fingerprint density at radius 2 is 2.28 bits per heavy atom. The third-order valence-electron chi connectivity index (χ3n) is 2.76. The molecule has 0 aromatic heterocycles. The molecule has 0 radical (unpaired) electrons. The maximum atomic E-state index is 13.3. The lowest BCUT2D eigenvalue weighted by atomic mass is 10.3. The van der Waals surface area contributed by atoms with Gasteiger partial charge in [0.05, 0.1) is 11.1 Å². The number of amides is 2. The van der Waals surface area contributed by atoms with Gasteiger partial charge in [0.15, 0.2) is 0 Å². The molecule has 1 aromatic rings. The maximum absolute atomic E-state index is 13.3. The van der Waals surface area contributed by atoms with Crippen LogP contribution in [0, 0.1) is 5.82 Å². The van der Waals surface area contributed by atoms with Gasteiger partial charge >= 0.3 is 6.03 Å². The van der Waals surface area contributed by atoms with Crippen LogP contribution in [-0.4, -0.2) is 35.2 Å². The molecule has 0 heterocycles. The highest BCUT2D eigenvalue weighted by Gasteiger charge is 2.32. The Kier molecular flexibility index (Phi) is 4.19. The fourth-order valence-electron chi connectivity index (χ4n) is 1.71. The molecule has 0 bridgehead atoms. The molecule has 4 nitrogen and oxygen atoms in total. The molecule has 0 saturated heterocycles. The Morgan fingerprint density at radius 3 is 2.83 bits per heavy atom. The van der Waals surface area contributed by atoms with Gasteiger partial charge < -0.3 is 15.3 Å². The topological polar surface area (TPSA) is 52.6 Å². The van der Waals surface area contributed by atoms with E-state index in [0.29, 0.717) is 16.7 Å². The van der Waals surface area contributed by atoms with Gasteiger partial charge in [0.2, 0.25) is 0 Å². The standard InChI is InChI=1S/C12H14BrFN2O2/c13-10-4-1-8(7-11(10)14)15-12(18)16(5-6-17)9-2-3-9/h1,4,7,9,17H,2-3,5-6H2,(H,15,18). The summed E-state index contributed by atoms with van der Waals surface area (Å²) < 4.78 is 13.7. The second kappa shape index (κ2) is 5.67. The van der Waals surface area contributed by atoms with Crippen LogP contribution in [0.3, 0.4) is 0 Å². The minimum Gasteiger partial charge on any atom is -0.395 e. The van der Waals surface area contributed by atoms with E-state index in [2.05, 4.69) is 21.2 Å². The largest absolute Gasteiger partial charge is 0.395 e. The number of urea groups is 1. The lowest BCUT2D eigenvalue weighted by Gasteiger charge is -2.21. The van der Waals surface area contributed by atoms with E-state index < -0.39 is 5.82 Å². The SMILES string of the molecule is O=C(Nc1ccc(Br)c(F)c1)N(CCO)C1CC1. The molecule has 0 spiro atoms. The molecule has 2 rings (SSSR count). The molecule has 1 saturated carbocycles.